The molecule has 0 saturated heterocycles. The Bertz CT molecular complexity index is 412. The van der Waals surface area contributed by atoms with E-state index in [1.165, 1.54) is 0 Å². The first-order valence-electron chi connectivity index (χ1n) is 6.09. The highest BCUT2D eigenvalue weighted by molar-refractivity contribution is 7.85. The molecule has 4 heteroatoms. The van der Waals surface area contributed by atoms with Crippen molar-refractivity contribution in [3.63, 3.8) is 0 Å². The van der Waals surface area contributed by atoms with Crippen molar-refractivity contribution < 1.29 is 13.7 Å². The summed E-state index contributed by atoms with van der Waals surface area (Å²) in [7, 11) is 0.513. The van der Waals surface area contributed by atoms with Crippen molar-refractivity contribution in [2.24, 2.45) is 5.92 Å². The molecule has 0 saturated carbocycles. The van der Waals surface area contributed by atoms with Gasteiger partial charge in [0.25, 0.3) is 0 Å². The van der Waals surface area contributed by atoms with Crippen molar-refractivity contribution in [2.75, 3.05) is 18.6 Å². The SMILES string of the molecule is CCC(C)CS(=O)CC(=O)c1ccc(OC)cc1. The summed E-state index contributed by atoms with van der Waals surface area (Å²) in [6, 6.07) is 6.90. The van der Waals surface area contributed by atoms with Gasteiger partial charge in [-0.15, -0.1) is 0 Å². The maximum absolute atomic E-state index is 11.9. The fourth-order valence-corrected chi connectivity index (χ4v) is 2.95. The molecule has 0 amide bonds. The molecule has 0 aliphatic rings. The number of Topliss-reactive ketones (excluding diaryl/α,β-unsaturated/α-hetero) is 1. The molecule has 100 valence electrons. The Balaban J connectivity index is 2.56. The van der Waals surface area contributed by atoms with Crippen LogP contribution in [0.4, 0.5) is 0 Å². The van der Waals surface area contributed by atoms with Crippen LogP contribution in [-0.4, -0.2) is 28.6 Å². The van der Waals surface area contributed by atoms with Crippen molar-refractivity contribution in [3.05, 3.63) is 29.8 Å². The molecule has 0 N–H and O–H groups in total. The summed E-state index contributed by atoms with van der Waals surface area (Å²) in [6.07, 6.45) is 0.989. The van der Waals surface area contributed by atoms with E-state index in [0.29, 0.717) is 23.0 Å². The molecule has 0 aliphatic heterocycles. The fourth-order valence-electron chi connectivity index (χ4n) is 1.50. The van der Waals surface area contributed by atoms with Gasteiger partial charge in [0.1, 0.15) is 5.75 Å². The summed E-state index contributed by atoms with van der Waals surface area (Å²) in [6.45, 7) is 4.11. The summed E-state index contributed by atoms with van der Waals surface area (Å²) in [5.74, 6) is 1.75. The highest BCUT2D eigenvalue weighted by Gasteiger charge is 2.12. The molecule has 0 bridgehead atoms. The molecule has 3 nitrogen and oxygen atoms in total. The lowest BCUT2D eigenvalue weighted by Crippen LogP contribution is -2.16. The van der Waals surface area contributed by atoms with Gasteiger partial charge in [-0.2, -0.15) is 0 Å². The Morgan fingerprint density at radius 2 is 1.94 bits per heavy atom. The quantitative estimate of drug-likeness (QED) is 0.714. The minimum Gasteiger partial charge on any atom is -0.497 e. The van der Waals surface area contributed by atoms with Crippen LogP contribution in [0, 0.1) is 5.92 Å². The molecule has 1 aromatic carbocycles. The van der Waals surface area contributed by atoms with Crippen molar-refractivity contribution in [2.45, 2.75) is 20.3 Å². The van der Waals surface area contributed by atoms with E-state index in [1.807, 2.05) is 0 Å². The minimum absolute atomic E-state index is 0.0701. The van der Waals surface area contributed by atoms with E-state index >= 15 is 0 Å². The number of benzene rings is 1. The van der Waals surface area contributed by atoms with Crippen LogP contribution in [0.15, 0.2) is 24.3 Å². The molecule has 0 fully saturated rings. The van der Waals surface area contributed by atoms with Gasteiger partial charge in [0, 0.05) is 22.1 Å². The summed E-state index contributed by atoms with van der Waals surface area (Å²) in [5.41, 5.74) is 0.591. The maximum atomic E-state index is 11.9. The third-order valence-electron chi connectivity index (χ3n) is 2.87. The molecular weight excluding hydrogens is 248 g/mol. The van der Waals surface area contributed by atoms with Gasteiger partial charge in [0.2, 0.25) is 0 Å². The van der Waals surface area contributed by atoms with Crippen molar-refractivity contribution in [1.29, 1.82) is 0 Å². The highest BCUT2D eigenvalue weighted by atomic mass is 32.2. The fraction of sp³-hybridized carbons (Fsp3) is 0.500. The van der Waals surface area contributed by atoms with E-state index in [0.717, 1.165) is 6.42 Å². The van der Waals surface area contributed by atoms with Crippen LogP contribution in [0.2, 0.25) is 0 Å². The Labute approximate surface area is 111 Å². The van der Waals surface area contributed by atoms with E-state index < -0.39 is 10.8 Å². The largest absolute Gasteiger partial charge is 0.497 e. The lowest BCUT2D eigenvalue weighted by Gasteiger charge is -2.07. The van der Waals surface area contributed by atoms with Crippen LogP contribution in [0.1, 0.15) is 30.6 Å². The van der Waals surface area contributed by atoms with Gasteiger partial charge < -0.3 is 4.74 Å². The number of methoxy groups -OCH3 is 1. The number of carbonyl (C=O) groups excluding carboxylic acids is 1. The van der Waals surface area contributed by atoms with E-state index in [2.05, 4.69) is 13.8 Å². The van der Waals surface area contributed by atoms with Gasteiger partial charge in [-0.05, 0) is 30.2 Å². The summed E-state index contributed by atoms with van der Waals surface area (Å²) in [5, 5.41) is 0. The molecule has 1 rings (SSSR count). The Morgan fingerprint density at radius 3 is 2.44 bits per heavy atom. The van der Waals surface area contributed by atoms with E-state index in [4.69, 9.17) is 4.74 Å². The van der Waals surface area contributed by atoms with E-state index in [1.54, 1.807) is 31.4 Å². The first kappa shape index (κ1) is 14.9. The molecule has 0 spiro atoms. The molecule has 2 atom stereocenters. The second kappa shape index (κ2) is 7.31. The van der Waals surface area contributed by atoms with Gasteiger partial charge in [0.05, 0.1) is 12.9 Å². The maximum Gasteiger partial charge on any atom is 0.175 e. The second-order valence-electron chi connectivity index (χ2n) is 4.42. The molecule has 2 unspecified atom stereocenters. The topological polar surface area (TPSA) is 43.4 Å². The number of ether oxygens (including phenoxy) is 1. The first-order chi connectivity index (χ1) is 8.56. The standard InChI is InChI=1S/C14H20O3S/c1-4-11(2)9-18(16)10-14(15)12-5-7-13(17-3)8-6-12/h5-8,11H,4,9-10H2,1-3H3. The average molecular weight is 268 g/mol. The zero-order chi connectivity index (χ0) is 13.5. The van der Waals surface area contributed by atoms with E-state index in [-0.39, 0.29) is 11.5 Å². The number of hydrogen-bond donors (Lipinski definition) is 0. The monoisotopic (exact) mass is 268 g/mol. The van der Waals surface area contributed by atoms with Crippen LogP contribution >= 0.6 is 0 Å². The van der Waals surface area contributed by atoms with Gasteiger partial charge in [-0.25, -0.2) is 0 Å². The van der Waals surface area contributed by atoms with Crippen LogP contribution in [0.5, 0.6) is 5.75 Å². The van der Waals surface area contributed by atoms with Crippen LogP contribution in [0.3, 0.4) is 0 Å². The Hall–Kier alpha value is -1.16. The minimum atomic E-state index is -1.07. The summed E-state index contributed by atoms with van der Waals surface area (Å²) < 4.78 is 16.8. The van der Waals surface area contributed by atoms with Crippen LogP contribution < -0.4 is 4.74 Å². The molecular formula is C14H20O3S. The molecule has 0 heterocycles. The predicted octanol–water partition coefficient (Wildman–Crippen LogP) is 2.67. The van der Waals surface area contributed by atoms with Gasteiger partial charge in [0.15, 0.2) is 5.78 Å². The number of hydrogen-bond acceptors (Lipinski definition) is 3. The summed E-state index contributed by atoms with van der Waals surface area (Å²) >= 11 is 0. The molecule has 0 aliphatic carbocycles. The van der Waals surface area contributed by atoms with Gasteiger partial charge in [-0.1, -0.05) is 20.3 Å². The van der Waals surface area contributed by atoms with Crippen LogP contribution in [0.25, 0.3) is 0 Å². The Kier molecular flexibility index (Phi) is 6.05. The lowest BCUT2D eigenvalue weighted by molar-refractivity contribution is 0.102. The molecule has 0 radical (unpaired) electrons. The first-order valence-corrected chi connectivity index (χ1v) is 7.57. The third kappa shape index (κ3) is 4.61. The highest BCUT2D eigenvalue weighted by Crippen LogP contribution is 2.12. The zero-order valence-corrected chi connectivity index (χ0v) is 12.0. The number of rotatable bonds is 7. The van der Waals surface area contributed by atoms with E-state index in [9.17, 15) is 9.00 Å². The summed E-state index contributed by atoms with van der Waals surface area (Å²) in [4.78, 5) is 11.9. The number of carbonyl (C=O) groups is 1. The average Bonchev–Trinajstić information content (AvgIpc) is 2.38. The lowest BCUT2D eigenvalue weighted by atomic mass is 10.1. The molecule has 18 heavy (non-hydrogen) atoms. The second-order valence-corrected chi connectivity index (χ2v) is 5.92. The van der Waals surface area contributed by atoms with Crippen molar-refractivity contribution >= 4 is 16.6 Å². The van der Waals surface area contributed by atoms with Crippen molar-refractivity contribution in [1.82, 2.24) is 0 Å². The zero-order valence-electron chi connectivity index (χ0n) is 11.1. The van der Waals surface area contributed by atoms with Gasteiger partial charge >= 0.3 is 0 Å². The van der Waals surface area contributed by atoms with Crippen LogP contribution in [-0.2, 0) is 10.8 Å². The smallest absolute Gasteiger partial charge is 0.175 e. The predicted molar refractivity (Wildman–Crippen MR) is 74.7 cm³/mol. The normalized spacial score (nSPS) is 13.9. The Morgan fingerprint density at radius 1 is 1.33 bits per heavy atom. The number of ketones is 1. The van der Waals surface area contributed by atoms with Crippen molar-refractivity contribution in [3.8, 4) is 5.75 Å². The molecule has 1 aromatic rings. The van der Waals surface area contributed by atoms with Gasteiger partial charge in [-0.3, -0.25) is 9.00 Å². The third-order valence-corrected chi connectivity index (χ3v) is 4.40. The molecule has 0 aromatic heterocycles.